The van der Waals surface area contributed by atoms with Crippen molar-refractivity contribution in [3.8, 4) is 0 Å². The van der Waals surface area contributed by atoms with E-state index in [0.717, 1.165) is 0 Å². The Labute approximate surface area is 112 Å². The van der Waals surface area contributed by atoms with Crippen LogP contribution in [-0.4, -0.2) is 28.7 Å². The average Bonchev–Trinajstić information content (AvgIpc) is 2.33. The number of Topliss-reactive ketones (excluding diaryl/α,β-unsaturated/α-hetero) is 1. The minimum Gasteiger partial charge on any atom is -0.460 e. The molecule has 0 aliphatic carbocycles. The van der Waals surface area contributed by atoms with E-state index < -0.39 is 11.8 Å². The quantitative estimate of drug-likeness (QED) is 0.521. The molecule has 0 aliphatic rings. The summed E-state index contributed by atoms with van der Waals surface area (Å²) >= 11 is 8.33. The molecule has 0 saturated heterocycles. The zero-order chi connectivity index (χ0) is 13.3. The summed E-state index contributed by atoms with van der Waals surface area (Å²) in [6, 6.07) is 3.35. The predicted molar refractivity (Wildman–Crippen MR) is 69.1 cm³/mol. The molecule has 0 aromatic carbocycles. The molecule has 1 aromatic rings. The molecule has 0 atom stereocenters. The number of nitrogens with zero attached hydrogens (tertiary/aromatic N) is 1. The molecule has 94 valence electrons. The number of alkyl halides is 1. The van der Waals surface area contributed by atoms with E-state index >= 15 is 0 Å². The monoisotopic (exact) mass is 322 g/mol. The van der Waals surface area contributed by atoms with Crippen LogP contribution in [0.4, 0.5) is 5.82 Å². The summed E-state index contributed by atoms with van der Waals surface area (Å²) in [7, 11) is 0. The summed E-state index contributed by atoms with van der Waals surface area (Å²) in [5.41, 5.74) is 5.26. The van der Waals surface area contributed by atoms with Gasteiger partial charge in [-0.1, -0.05) is 27.5 Å². The fraction of sp³-hybridized carbons (Fsp3) is 0.300. The van der Waals surface area contributed by atoms with E-state index in [0.29, 0.717) is 10.8 Å². The maximum atomic E-state index is 10.4. The number of nitrogens with two attached hydrogens (primary N) is 1. The third kappa shape index (κ3) is 7.70. The van der Waals surface area contributed by atoms with Gasteiger partial charge in [-0.3, -0.25) is 4.79 Å². The number of hydrogen-bond acceptors (Lipinski definition) is 5. The molecule has 1 heterocycles. The second-order valence-electron chi connectivity index (χ2n) is 2.68. The first kappa shape index (κ1) is 15.9. The highest BCUT2D eigenvalue weighted by molar-refractivity contribution is 9.09. The lowest BCUT2D eigenvalue weighted by Gasteiger charge is -1.95. The summed E-state index contributed by atoms with van der Waals surface area (Å²) in [5, 5.41) is 0.644. The third-order valence-electron chi connectivity index (χ3n) is 1.37. The Kier molecular flexibility index (Phi) is 8.35. The van der Waals surface area contributed by atoms with Crippen molar-refractivity contribution in [3.05, 3.63) is 23.4 Å². The lowest BCUT2D eigenvalue weighted by Crippen LogP contribution is -2.17. The van der Waals surface area contributed by atoms with Gasteiger partial charge in [-0.15, -0.1) is 0 Å². The number of ether oxygens (including phenoxy) is 1. The Morgan fingerprint density at radius 1 is 1.53 bits per heavy atom. The summed E-state index contributed by atoms with van der Waals surface area (Å²) < 4.78 is 4.38. The molecule has 0 amide bonds. The van der Waals surface area contributed by atoms with Crippen LogP contribution in [0.15, 0.2) is 18.3 Å². The average molecular weight is 324 g/mol. The molecule has 1 aromatic heterocycles. The Morgan fingerprint density at radius 3 is 2.53 bits per heavy atom. The van der Waals surface area contributed by atoms with Gasteiger partial charge in [0.15, 0.2) is 0 Å². The van der Waals surface area contributed by atoms with Gasteiger partial charge in [0.05, 0.1) is 17.0 Å². The zero-order valence-corrected chi connectivity index (χ0v) is 11.5. The largest absolute Gasteiger partial charge is 0.460 e. The van der Waals surface area contributed by atoms with Crippen LogP contribution in [0.5, 0.6) is 0 Å². The van der Waals surface area contributed by atoms with Gasteiger partial charge >= 0.3 is 5.97 Å². The molecular weight excluding hydrogens is 311 g/mol. The van der Waals surface area contributed by atoms with E-state index in [1.807, 2.05) is 0 Å². The van der Waals surface area contributed by atoms with E-state index in [1.54, 1.807) is 19.1 Å². The molecule has 2 N–H and O–H groups in total. The molecule has 0 fully saturated rings. The lowest BCUT2D eigenvalue weighted by molar-refractivity contribution is -0.152. The summed E-state index contributed by atoms with van der Waals surface area (Å²) in [4.78, 5) is 24.5. The van der Waals surface area contributed by atoms with Crippen molar-refractivity contribution in [1.82, 2.24) is 4.98 Å². The molecule has 7 heteroatoms. The summed E-state index contributed by atoms with van der Waals surface area (Å²) in [6.45, 7) is 1.90. The Morgan fingerprint density at radius 2 is 2.18 bits per heavy atom. The Balaban J connectivity index is 0.000000302. The number of nitrogen functional groups attached to an aromatic ring is 1. The topological polar surface area (TPSA) is 82.3 Å². The number of pyridine rings is 1. The molecular formula is C10H12BrClN2O3. The van der Waals surface area contributed by atoms with Gasteiger partial charge in [-0.05, 0) is 19.1 Å². The summed E-state index contributed by atoms with van der Waals surface area (Å²) in [5.74, 6) is -0.819. The second-order valence-corrected chi connectivity index (χ2v) is 3.68. The predicted octanol–water partition coefficient (Wildman–Crippen LogP) is 1.83. The van der Waals surface area contributed by atoms with Gasteiger partial charge < -0.3 is 10.5 Å². The number of halogens is 2. The van der Waals surface area contributed by atoms with Crippen LogP contribution in [0.3, 0.4) is 0 Å². The van der Waals surface area contributed by atoms with Crippen LogP contribution in [0, 0.1) is 0 Å². The van der Waals surface area contributed by atoms with Crippen LogP contribution < -0.4 is 5.73 Å². The molecule has 0 spiro atoms. The van der Waals surface area contributed by atoms with Crippen LogP contribution in [0.2, 0.25) is 5.02 Å². The van der Waals surface area contributed by atoms with Gasteiger partial charge in [0.1, 0.15) is 5.82 Å². The van der Waals surface area contributed by atoms with Crippen LogP contribution in [-0.2, 0) is 14.3 Å². The Hall–Kier alpha value is -1.14. The third-order valence-corrected chi connectivity index (χ3v) is 2.11. The highest BCUT2D eigenvalue weighted by Gasteiger charge is 2.11. The standard InChI is InChI=1S/C5H7BrO3.C5H5ClN2/c1-2-9-5(8)4(7)3-6;6-4-1-2-5(7)8-3-4/h2-3H2,1H3;1-3H,(H2,7,8). The van der Waals surface area contributed by atoms with Gasteiger partial charge in [-0.25, -0.2) is 9.78 Å². The van der Waals surface area contributed by atoms with Crippen LogP contribution in [0.25, 0.3) is 0 Å². The zero-order valence-electron chi connectivity index (χ0n) is 9.15. The molecule has 0 saturated carbocycles. The normalized spacial score (nSPS) is 8.88. The Bertz CT molecular complexity index is 349. The van der Waals surface area contributed by atoms with Crippen molar-refractivity contribution in [3.63, 3.8) is 0 Å². The first-order valence-electron chi connectivity index (χ1n) is 4.64. The number of esters is 1. The molecule has 5 nitrogen and oxygen atoms in total. The van der Waals surface area contributed by atoms with Crippen LogP contribution >= 0.6 is 27.5 Å². The van der Waals surface area contributed by atoms with E-state index in [9.17, 15) is 9.59 Å². The maximum Gasteiger partial charge on any atom is 0.375 e. The van der Waals surface area contributed by atoms with Gasteiger partial charge in [0.2, 0.25) is 5.78 Å². The van der Waals surface area contributed by atoms with E-state index in [4.69, 9.17) is 17.3 Å². The molecule has 17 heavy (non-hydrogen) atoms. The minimum absolute atomic E-state index is 0.0336. The van der Waals surface area contributed by atoms with E-state index in [-0.39, 0.29) is 11.9 Å². The van der Waals surface area contributed by atoms with Crippen molar-refractivity contribution < 1.29 is 14.3 Å². The molecule has 0 bridgehead atoms. The highest BCUT2D eigenvalue weighted by Crippen LogP contribution is 2.05. The van der Waals surface area contributed by atoms with Gasteiger partial charge in [0, 0.05) is 6.20 Å². The lowest BCUT2D eigenvalue weighted by atomic mass is 10.5. The van der Waals surface area contributed by atoms with Gasteiger partial charge in [-0.2, -0.15) is 0 Å². The number of carbonyl (C=O) groups excluding carboxylic acids is 2. The molecule has 0 aliphatic heterocycles. The van der Waals surface area contributed by atoms with Crippen molar-refractivity contribution >= 4 is 45.1 Å². The second kappa shape index (κ2) is 8.95. The van der Waals surface area contributed by atoms with Gasteiger partial charge in [0.25, 0.3) is 0 Å². The van der Waals surface area contributed by atoms with Crippen molar-refractivity contribution in [2.24, 2.45) is 0 Å². The number of ketones is 1. The van der Waals surface area contributed by atoms with E-state index in [2.05, 4.69) is 25.7 Å². The SMILES string of the molecule is CCOC(=O)C(=O)CBr.Nc1ccc(Cl)cn1. The van der Waals surface area contributed by atoms with Crippen LogP contribution in [0.1, 0.15) is 6.92 Å². The van der Waals surface area contributed by atoms with Crippen molar-refractivity contribution in [2.75, 3.05) is 17.7 Å². The van der Waals surface area contributed by atoms with Crippen molar-refractivity contribution in [1.29, 1.82) is 0 Å². The first-order valence-corrected chi connectivity index (χ1v) is 6.14. The first-order chi connectivity index (χ1) is 8.01. The minimum atomic E-state index is -0.769. The maximum absolute atomic E-state index is 10.4. The molecule has 0 radical (unpaired) electrons. The summed E-state index contributed by atoms with van der Waals surface area (Å²) in [6.07, 6.45) is 1.51. The number of anilines is 1. The molecule has 0 unspecified atom stereocenters. The molecule has 1 rings (SSSR count). The number of rotatable bonds is 3. The number of aromatic nitrogens is 1. The van der Waals surface area contributed by atoms with E-state index in [1.165, 1.54) is 6.20 Å². The van der Waals surface area contributed by atoms with Crippen molar-refractivity contribution in [2.45, 2.75) is 6.92 Å². The number of carbonyl (C=O) groups is 2. The number of hydrogen-bond donors (Lipinski definition) is 1. The highest BCUT2D eigenvalue weighted by atomic mass is 79.9. The fourth-order valence-electron chi connectivity index (χ4n) is 0.653. The fourth-order valence-corrected chi connectivity index (χ4v) is 0.994. The smallest absolute Gasteiger partial charge is 0.375 e.